The average molecular weight is 476 g/mol. The highest BCUT2D eigenvalue weighted by Crippen LogP contribution is 2.17. The summed E-state index contributed by atoms with van der Waals surface area (Å²) in [6, 6.07) is 0.630. The van der Waals surface area contributed by atoms with Crippen molar-refractivity contribution in [3.63, 3.8) is 0 Å². The Morgan fingerprint density at radius 1 is 1.27 bits per heavy atom. The van der Waals surface area contributed by atoms with Gasteiger partial charge in [-0.05, 0) is 32.3 Å². The van der Waals surface area contributed by atoms with Gasteiger partial charge in [-0.25, -0.2) is 0 Å². The lowest BCUT2D eigenvalue weighted by Gasteiger charge is -2.32. The van der Waals surface area contributed by atoms with Gasteiger partial charge in [0, 0.05) is 58.6 Å². The van der Waals surface area contributed by atoms with Gasteiger partial charge >= 0.3 is 0 Å². The molecule has 0 saturated carbocycles. The number of hydrogen-bond donors (Lipinski definition) is 1. The van der Waals surface area contributed by atoms with E-state index >= 15 is 0 Å². The summed E-state index contributed by atoms with van der Waals surface area (Å²) in [4.78, 5) is 9.46. The van der Waals surface area contributed by atoms with Gasteiger partial charge in [-0.2, -0.15) is 5.10 Å². The van der Waals surface area contributed by atoms with Crippen LogP contribution in [-0.4, -0.2) is 84.6 Å². The van der Waals surface area contributed by atoms with Crippen LogP contribution in [0.25, 0.3) is 0 Å². The van der Waals surface area contributed by atoms with Crippen molar-refractivity contribution in [2.24, 2.45) is 12.0 Å². The first-order chi connectivity index (χ1) is 12.1. The SMILES string of the molecule is CN=C(NCCc1c(C)nn(C)c1C)N1CCC(N2CCOCC2)C1.I. The Kier molecular flexibility index (Phi) is 8.15. The normalized spacial score (nSPS) is 21.8. The predicted octanol–water partition coefficient (Wildman–Crippen LogP) is 1.18. The quantitative estimate of drug-likeness (QED) is 0.402. The van der Waals surface area contributed by atoms with E-state index in [0.29, 0.717) is 6.04 Å². The lowest BCUT2D eigenvalue weighted by molar-refractivity contribution is 0.0195. The number of nitrogens with zero attached hydrogens (tertiary/aromatic N) is 5. The molecule has 148 valence electrons. The van der Waals surface area contributed by atoms with Crippen LogP contribution in [0.3, 0.4) is 0 Å². The first-order valence-corrected chi connectivity index (χ1v) is 9.36. The Morgan fingerprint density at radius 3 is 2.62 bits per heavy atom. The number of aliphatic imine (C=N–C) groups is 1. The molecule has 0 aromatic carbocycles. The molecule has 2 saturated heterocycles. The number of halogens is 1. The zero-order valence-corrected chi connectivity index (χ0v) is 18.8. The zero-order chi connectivity index (χ0) is 17.8. The number of likely N-dealkylation sites (tertiary alicyclic amines) is 1. The van der Waals surface area contributed by atoms with E-state index in [0.717, 1.165) is 64.0 Å². The highest BCUT2D eigenvalue weighted by atomic mass is 127. The van der Waals surface area contributed by atoms with E-state index in [9.17, 15) is 0 Å². The Labute approximate surface area is 174 Å². The van der Waals surface area contributed by atoms with Gasteiger partial charge in [-0.3, -0.25) is 14.6 Å². The highest BCUT2D eigenvalue weighted by Gasteiger charge is 2.30. The van der Waals surface area contributed by atoms with Gasteiger partial charge in [-0.15, -0.1) is 24.0 Å². The maximum Gasteiger partial charge on any atom is 0.193 e. The Bertz CT molecular complexity index is 611. The van der Waals surface area contributed by atoms with Crippen LogP contribution in [0.2, 0.25) is 0 Å². The summed E-state index contributed by atoms with van der Waals surface area (Å²) < 4.78 is 7.44. The van der Waals surface area contributed by atoms with Gasteiger partial charge in [0.1, 0.15) is 0 Å². The third-order valence-corrected chi connectivity index (χ3v) is 5.55. The number of morpholine rings is 1. The van der Waals surface area contributed by atoms with Crippen LogP contribution < -0.4 is 5.32 Å². The number of aromatic nitrogens is 2. The molecule has 3 rings (SSSR count). The second-order valence-electron chi connectivity index (χ2n) is 7.03. The maximum atomic E-state index is 5.47. The minimum Gasteiger partial charge on any atom is -0.379 e. The Hall–Kier alpha value is -0.870. The van der Waals surface area contributed by atoms with Crippen LogP contribution >= 0.6 is 24.0 Å². The van der Waals surface area contributed by atoms with Crippen LogP contribution in [-0.2, 0) is 18.2 Å². The number of hydrogen-bond acceptors (Lipinski definition) is 4. The number of rotatable bonds is 4. The fourth-order valence-electron chi connectivity index (χ4n) is 3.99. The molecule has 2 aliphatic heterocycles. The second-order valence-corrected chi connectivity index (χ2v) is 7.03. The summed E-state index contributed by atoms with van der Waals surface area (Å²) >= 11 is 0. The molecule has 0 amide bonds. The molecule has 1 unspecified atom stereocenters. The van der Waals surface area contributed by atoms with Crippen LogP contribution in [0.1, 0.15) is 23.4 Å². The molecule has 0 aliphatic carbocycles. The number of nitrogens with one attached hydrogen (secondary N) is 1. The summed E-state index contributed by atoms with van der Waals surface area (Å²) in [6.45, 7) is 11.1. The molecule has 3 heterocycles. The van der Waals surface area contributed by atoms with E-state index in [1.165, 1.54) is 17.7 Å². The van der Waals surface area contributed by atoms with Gasteiger partial charge in [0.05, 0.1) is 18.9 Å². The van der Waals surface area contributed by atoms with Gasteiger partial charge in [-0.1, -0.05) is 0 Å². The van der Waals surface area contributed by atoms with Crippen molar-refractivity contribution in [3.05, 3.63) is 17.0 Å². The number of aryl methyl sites for hydroxylation is 2. The van der Waals surface area contributed by atoms with Crippen LogP contribution in [0, 0.1) is 13.8 Å². The van der Waals surface area contributed by atoms with E-state index < -0.39 is 0 Å². The van der Waals surface area contributed by atoms with Crippen molar-refractivity contribution in [2.75, 3.05) is 53.0 Å². The summed E-state index contributed by atoms with van der Waals surface area (Å²) in [5.74, 6) is 1.02. The molecular weight excluding hydrogens is 443 g/mol. The smallest absolute Gasteiger partial charge is 0.193 e. The van der Waals surface area contributed by atoms with Crippen LogP contribution in [0.15, 0.2) is 4.99 Å². The molecule has 26 heavy (non-hydrogen) atoms. The Morgan fingerprint density at radius 2 is 2.00 bits per heavy atom. The van der Waals surface area contributed by atoms with Crippen molar-refractivity contribution in [3.8, 4) is 0 Å². The molecule has 7 nitrogen and oxygen atoms in total. The van der Waals surface area contributed by atoms with Gasteiger partial charge < -0.3 is 15.0 Å². The fraction of sp³-hybridized carbons (Fsp3) is 0.778. The molecule has 1 aromatic heterocycles. The topological polar surface area (TPSA) is 57.9 Å². The molecular formula is C18H33IN6O. The van der Waals surface area contributed by atoms with Crippen molar-refractivity contribution < 1.29 is 4.74 Å². The summed E-state index contributed by atoms with van der Waals surface area (Å²) in [5, 5.41) is 8.04. The largest absolute Gasteiger partial charge is 0.379 e. The molecule has 1 N–H and O–H groups in total. The molecule has 0 bridgehead atoms. The Balaban J connectivity index is 0.00000243. The van der Waals surface area contributed by atoms with Crippen molar-refractivity contribution >= 4 is 29.9 Å². The number of guanidine groups is 1. The standard InChI is InChI=1S/C18H32N6O.HI/c1-14-17(15(2)22(4)21-14)5-7-20-18(19-3)24-8-6-16(13-24)23-9-11-25-12-10-23;/h16H,5-13H2,1-4H3,(H,19,20);1H. The molecule has 1 atom stereocenters. The molecule has 0 spiro atoms. The van der Waals surface area contributed by atoms with Gasteiger partial charge in [0.15, 0.2) is 5.96 Å². The second kappa shape index (κ2) is 9.89. The monoisotopic (exact) mass is 476 g/mol. The zero-order valence-electron chi connectivity index (χ0n) is 16.5. The van der Waals surface area contributed by atoms with Crippen molar-refractivity contribution in [1.82, 2.24) is 24.9 Å². The van der Waals surface area contributed by atoms with Crippen LogP contribution in [0.5, 0.6) is 0 Å². The van der Waals surface area contributed by atoms with E-state index in [-0.39, 0.29) is 24.0 Å². The molecule has 2 aliphatic rings. The molecule has 0 radical (unpaired) electrons. The first-order valence-electron chi connectivity index (χ1n) is 9.36. The highest BCUT2D eigenvalue weighted by molar-refractivity contribution is 14.0. The summed E-state index contributed by atoms with van der Waals surface area (Å²) in [5.41, 5.74) is 3.73. The lowest BCUT2D eigenvalue weighted by Crippen LogP contribution is -2.46. The maximum absolute atomic E-state index is 5.47. The summed E-state index contributed by atoms with van der Waals surface area (Å²) in [7, 11) is 3.89. The van der Waals surface area contributed by atoms with Crippen molar-refractivity contribution in [2.45, 2.75) is 32.7 Å². The van der Waals surface area contributed by atoms with E-state index in [1.807, 2.05) is 18.8 Å². The fourth-order valence-corrected chi connectivity index (χ4v) is 3.99. The van der Waals surface area contributed by atoms with Gasteiger partial charge in [0.25, 0.3) is 0 Å². The third kappa shape index (κ3) is 4.89. The number of ether oxygens (including phenoxy) is 1. The van der Waals surface area contributed by atoms with E-state index in [2.05, 4.69) is 39.1 Å². The minimum atomic E-state index is 0. The van der Waals surface area contributed by atoms with E-state index in [1.54, 1.807) is 0 Å². The average Bonchev–Trinajstić information content (AvgIpc) is 3.20. The lowest BCUT2D eigenvalue weighted by atomic mass is 10.1. The van der Waals surface area contributed by atoms with E-state index in [4.69, 9.17) is 4.74 Å². The molecule has 2 fully saturated rings. The van der Waals surface area contributed by atoms with Gasteiger partial charge in [0.2, 0.25) is 0 Å². The van der Waals surface area contributed by atoms with Crippen molar-refractivity contribution in [1.29, 1.82) is 0 Å². The third-order valence-electron chi connectivity index (χ3n) is 5.55. The molecule has 8 heteroatoms. The minimum absolute atomic E-state index is 0. The molecule has 1 aromatic rings. The van der Waals surface area contributed by atoms with Crippen LogP contribution in [0.4, 0.5) is 0 Å². The first kappa shape index (κ1) is 21.4. The summed E-state index contributed by atoms with van der Waals surface area (Å²) in [6.07, 6.45) is 2.19. The predicted molar refractivity (Wildman–Crippen MR) is 116 cm³/mol.